The first-order valence-corrected chi connectivity index (χ1v) is 10.9. The summed E-state index contributed by atoms with van der Waals surface area (Å²) < 4.78 is 13.2. The van der Waals surface area contributed by atoms with Crippen molar-refractivity contribution >= 4 is 29.3 Å². The van der Waals surface area contributed by atoms with E-state index < -0.39 is 0 Å². The minimum atomic E-state index is -0.0552. The zero-order valence-electron chi connectivity index (χ0n) is 16.8. The predicted octanol–water partition coefficient (Wildman–Crippen LogP) is 4.13. The number of carbonyl (C=O) groups is 1. The van der Waals surface area contributed by atoms with Gasteiger partial charge in [0.25, 0.3) is 0 Å². The monoisotopic (exact) mass is 446 g/mol. The fourth-order valence-corrected chi connectivity index (χ4v) is 3.59. The Morgan fingerprint density at radius 1 is 1.03 bits per heavy atom. The second-order valence-corrected chi connectivity index (χ2v) is 7.52. The van der Waals surface area contributed by atoms with Crippen LogP contribution < -0.4 is 14.8 Å². The van der Waals surface area contributed by atoms with E-state index in [1.165, 1.54) is 11.8 Å². The molecule has 9 heteroatoms. The Bertz CT molecular complexity index is 961. The highest BCUT2D eigenvalue weighted by Crippen LogP contribution is 2.25. The number of hydrogen-bond acceptors (Lipinski definition) is 6. The largest absolute Gasteiger partial charge is 0.494 e. The molecule has 0 spiro atoms. The normalized spacial score (nSPS) is 10.6. The third-order valence-corrected chi connectivity index (χ3v) is 5.18. The average Bonchev–Trinajstić information content (AvgIpc) is 3.15. The van der Waals surface area contributed by atoms with Crippen molar-refractivity contribution in [1.82, 2.24) is 20.1 Å². The molecule has 0 atom stereocenters. The fourth-order valence-electron chi connectivity index (χ4n) is 2.66. The lowest BCUT2D eigenvalue weighted by Crippen LogP contribution is -2.24. The van der Waals surface area contributed by atoms with Crippen molar-refractivity contribution in [2.75, 3.05) is 18.9 Å². The Kier molecular flexibility index (Phi) is 7.98. The molecule has 0 saturated heterocycles. The molecule has 30 heavy (non-hydrogen) atoms. The lowest BCUT2D eigenvalue weighted by molar-refractivity contribution is -0.118. The van der Waals surface area contributed by atoms with Gasteiger partial charge in [-0.1, -0.05) is 23.4 Å². The third kappa shape index (κ3) is 5.90. The number of thioether (sulfide) groups is 1. The van der Waals surface area contributed by atoms with Crippen molar-refractivity contribution in [3.05, 3.63) is 59.4 Å². The average molecular weight is 447 g/mol. The summed E-state index contributed by atoms with van der Waals surface area (Å²) in [6.07, 6.45) is 0. The summed E-state index contributed by atoms with van der Waals surface area (Å²) in [5.74, 6) is 2.29. The number of benzene rings is 2. The van der Waals surface area contributed by atoms with E-state index in [4.69, 9.17) is 21.1 Å². The van der Waals surface area contributed by atoms with E-state index in [0.29, 0.717) is 34.9 Å². The molecular formula is C21H23ClN4O3S. The van der Waals surface area contributed by atoms with E-state index in [1.54, 1.807) is 12.1 Å². The first-order valence-electron chi connectivity index (χ1n) is 9.56. The fraction of sp³-hybridized carbons (Fsp3) is 0.286. The number of rotatable bonds is 10. The van der Waals surface area contributed by atoms with Crippen LogP contribution in [0.2, 0.25) is 5.02 Å². The molecule has 3 aromatic rings. The molecule has 1 N–H and O–H groups in total. The van der Waals surface area contributed by atoms with Crippen molar-refractivity contribution in [2.24, 2.45) is 0 Å². The van der Waals surface area contributed by atoms with Crippen LogP contribution in [0.15, 0.2) is 53.7 Å². The summed E-state index contributed by atoms with van der Waals surface area (Å²) in [7, 11) is 0. The molecule has 0 radical (unpaired) electrons. The van der Waals surface area contributed by atoms with Gasteiger partial charge in [-0.2, -0.15) is 0 Å². The van der Waals surface area contributed by atoms with Crippen molar-refractivity contribution in [3.63, 3.8) is 0 Å². The summed E-state index contributed by atoms with van der Waals surface area (Å²) in [5.41, 5.74) is 0.841. The molecule has 0 aliphatic rings. The van der Waals surface area contributed by atoms with Gasteiger partial charge in [-0.3, -0.25) is 9.36 Å². The Hall–Kier alpha value is -2.71. The van der Waals surface area contributed by atoms with Gasteiger partial charge in [0.2, 0.25) is 5.91 Å². The second-order valence-electron chi connectivity index (χ2n) is 6.15. The standard InChI is InChI=1S/C21H23ClN4O3S/c1-3-23-20(27)14-30-21-25-24-19(26(21)16-7-5-15(22)6-8-16)13-29-18-11-9-17(10-12-18)28-4-2/h5-12H,3-4,13-14H2,1-2H3,(H,23,27). The van der Waals surface area contributed by atoms with E-state index in [1.807, 2.05) is 54.8 Å². The highest BCUT2D eigenvalue weighted by molar-refractivity contribution is 7.99. The zero-order valence-corrected chi connectivity index (χ0v) is 18.4. The van der Waals surface area contributed by atoms with E-state index in [2.05, 4.69) is 15.5 Å². The first kappa shape index (κ1) is 22.0. The number of carbonyl (C=O) groups excluding carboxylic acids is 1. The smallest absolute Gasteiger partial charge is 0.230 e. The molecule has 1 aromatic heterocycles. The molecule has 7 nitrogen and oxygen atoms in total. The van der Waals surface area contributed by atoms with E-state index in [-0.39, 0.29) is 18.3 Å². The van der Waals surface area contributed by atoms with Crippen LogP contribution in [-0.2, 0) is 11.4 Å². The summed E-state index contributed by atoms with van der Waals surface area (Å²) in [4.78, 5) is 11.9. The number of aromatic nitrogens is 3. The zero-order chi connectivity index (χ0) is 21.3. The van der Waals surface area contributed by atoms with Gasteiger partial charge in [0.1, 0.15) is 18.1 Å². The van der Waals surface area contributed by atoms with Gasteiger partial charge < -0.3 is 14.8 Å². The van der Waals surface area contributed by atoms with Gasteiger partial charge in [0.05, 0.1) is 12.4 Å². The molecule has 0 saturated carbocycles. The summed E-state index contributed by atoms with van der Waals surface area (Å²) in [6.45, 7) is 5.24. The van der Waals surface area contributed by atoms with Gasteiger partial charge in [-0.05, 0) is 62.4 Å². The maximum absolute atomic E-state index is 11.9. The van der Waals surface area contributed by atoms with Crippen LogP contribution in [0.4, 0.5) is 0 Å². The first-order chi connectivity index (χ1) is 14.6. The van der Waals surface area contributed by atoms with Crippen LogP contribution in [0.25, 0.3) is 5.69 Å². The van der Waals surface area contributed by atoms with E-state index in [9.17, 15) is 4.79 Å². The van der Waals surface area contributed by atoms with Crippen molar-refractivity contribution < 1.29 is 14.3 Å². The molecule has 0 fully saturated rings. The van der Waals surface area contributed by atoms with Crippen LogP contribution in [0, 0.1) is 0 Å². The Morgan fingerprint density at radius 3 is 2.33 bits per heavy atom. The molecular weight excluding hydrogens is 424 g/mol. The quantitative estimate of drug-likeness (QED) is 0.472. The van der Waals surface area contributed by atoms with Crippen molar-refractivity contribution in [3.8, 4) is 17.2 Å². The maximum Gasteiger partial charge on any atom is 0.230 e. The van der Waals surface area contributed by atoms with E-state index >= 15 is 0 Å². The van der Waals surface area contributed by atoms with Crippen LogP contribution in [-0.4, -0.2) is 39.6 Å². The van der Waals surface area contributed by atoms with Gasteiger partial charge in [0, 0.05) is 17.3 Å². The number of nitrogens with one attached hydrogen (secondary N) is 1. The molecule has 0 bridgehead atoms. The van der Waals surface area contributed by atoms with Gasteiger partial charge in [-0.25, -0.2) is 0 Å². The maximum atomic E-state index is 11.9. The Morgan fingerprint density at radius 2 is 1.70 bits per heavy atom. The SMILES string of the molecule is CCNC(=O)CSc1nnc(COc2ccc(OCC)cc2)n1-c1ccc(Cl)cc1. The number of hydrogen-bond donors (Lipinski definition) is 1. The van der Waals surface area contributed by atoms with Crippen molar-refractivity contribution in [2.45, 2.75) is 25.6 Å². The molecule has 0 aliphatic heterocycles. The number of ether oxygens (including phenoxy) is 2. The third-order valence-electron chi connectivity index (χ3n) is 3.99. The van der Waals surface area contributed by atoms with Crippen LogP contribution in [0.1, 0.15) is 19.7 Å². The lowest BCUT2D eigenvalue weighted by Gasteiger charge is -2.12. The molecule has 1 heterocycles. The molecule has 158 valence electrons. The van der Waals surface area contributed by atoms with Crippen molar-refractivity contribution in [1.29, 1.82) is 0 Å². The summed E-state index contributed by atoms with van der Waals surface area (Å²) in [6, 6.07) is 14.8. The van der Waals surface area contributed by atoms with Gasteiger partial charge in [0.15, 0.2) is 11.0 Å². The van der Waals surface area contributed by atoms with Gasteiger partial charge >= 0.3 is 0 Å². The minimum absolute atomic E-state index is 0.0552. The molecule has 0 aliphatic carbocycles. The summed E-state index contributed by atoms with van der Waals surface area (Å²) >= 11 is 7.35. The van der Waals surface area contributed by atoms with Gasteiger partial charge in [-0.15, -0.1) is 10.2 Å². The molecule has 2 aromatic carbocycles. The van der Waals surface area contributed by atoms with Crippen LogP contribution in [0.3, 0.4) is 0 Å². The molecule has 1 amide bonds. The topological polar surface area (TPSA) is 78.3 Å². The molecule has 0 unspecified atom stereocenters. The Labute approximate surface area is 184 Å². The lowest BCUT2D eigenvalue weighted by atomic mass is 10.3. The van der Waals surface area contributed by atoms with E-state index in [0.717, 1.165) is 11.4 Å². The predicted molar refractivity (Wildman–Crippen MR) is 118 cm³/mol. The number of amides is 1. The highest BCUT2D eigenvalue weighted by Gasteiger charge is 2.16. The second kappa shape index (κ2) is 10.9. The minimum Gasteiger partial charge on any atom is -0.494 e. The number of nitrogens with zero attached hydrogens (tertiary/aromatic N) is 3. The Balaban J connectivity index is 1.78. The summed E-state index contributed by atoms with van der Waals surface area (Å²) in [5, 5.41) is 12.6. The molecule has 3 rings (SSSR count). The van der Waals surface area contributed by atoms with Crippen LogP contribution >= 0.6 is 23.4 Å². The number of halogens is 1. The van der Waals surface area contributed by atoms with Crippen LogP contribution in [0.5, 0.6) is 11.5 Å². The highest BCUT2D eigenvalue weighted by atomic mass is 35.5.